The minimum atomic E-state index is -0.835. The van der Waals surface area contributed by atoms with Crippen molar-refractivity contribution in [2.24, 2.45) is 0 Å². The molecule has 19 heavy (non-hydrogen) atoms. The third-order valence-corrected chi connectivity index (χ3v) is 2.85. The van der Waals surface area contributed by atoms with Crippen molar-refractivity contribution in [1.82, 2.24) is 10.2 Å². The topological polar surface area (TPSA) is 63.1 Å². The maximum Gasteiger partial charge on any atom is 0.307 e. The molecule has 2 aromatic rings. The van der Waals surface area contributed by atoms with E-state index in [9.17, 15) is 4.79 Å². The first-order valence-electron chi connectivity index (χ1n) is 6.21. The van der Waals surface area contributed by atoms with Gasteiger partial charge < -0.3 is 5.11 Å². The highest BCUT2D eigenvalue weighted by molar-refractivity contribution is 5.71. The van der Waals surface area contributed by atoms with Crippen molar-refractivity contribution in [2.45, 2.75) is 26.2 Å². The largest absolute Gasteiger partial charge is 0.481 e. The highest BCUT2D eigenvalue weighted by Gasteiger charge is 2.06. The second kappa shape index (κ2) is 5.61. The number of rotatable bonds is 4. The monoisotopic (exact) mass is 256 g/mol. The maximum absolute atomic E-state index is 10.7. The van der Waals surface area contributed by atoms with Crippen LogP contribution in [0.4, 0.5) is 0 Å². The molecule has 0 saturated heterocycles. The van der Waals surface area contributed by atoms with Crippen LogP contribution in [0.15, 0.2) is 36.4 Å². The third-order valence-electron chi connectivity index (χ3n) is 2.85. The molecule has 0 bridgehead atoms. The summed E-state index contributed by atoms with van der Waals surface area (Å²) in [6, 6.07) is 11.3. The molecule has 1 heterocycles. The number of nitrogens with zero attached hydrogens (tertiary/aromatic N) is 2. The maximum atomic E-state index is 10.7. The van der Waals surface area contributed by atoms with Crippen LogP contribution >= 0.6 is 0 Å². The first-order valence-corrected chi connectivity index (χ1v) is 6.21. The fourth-order valence-electron chi connectivity index (χ4n) is 1.82. The van der Waals surface area contributed by atoms with E-state index in [1.54, 1.807) is 6.07 Å². The molecule has 0 radical (unpaired) electrons. The molecule has 4 nitrogen and oxygen atoms in total. The smallest absolute Gasteiger partial charge is 0.307 e. The van der Waals surface area contributed by atoms with Gasteiger partial charge in [-0.15, -0.1) is 0 Å². The summed E-state index contributed by atoms with van der Waals surface area (Å²) in [6.07, 6.45) is 0.0192. The minimum Gasteiger partial charge on any atom is -0.481 e. The summed E-state index contributed by atoms with van der Waals surface area (Å²) < 4.78 is 0. The van der Waals surface area contributed by atoms with Gasteiger partial charge in [0.2, 0.25) is 0 Å². The van der Waals surface area contributed by atoms with Crippen molar-refractivity contribution < 1.29 is 9.90 Å². The van der Waals surface area contributed by atoms with Crippen LogP contribution < -0.4 is 0 Å². The standard InChI is InChI=1S/C15H16N2O2/c1-10(2)13-6-7-14(17-16-13)12-5-3-4-11(8-12)9-15(18)19/h3-8,10H,9H2,1-2H3,(H,18,19). The second-order valence-electron chi connectivity index (χ2n) is 4.77. The van der Waals surface area contributed by atoms with Gasteiger partial charge in [0.25, 0.3) is 0 Å². The number of aromatic nitrogens is 2. The van der Waals surface area contributed by atoms with Gasteiger partial charge in [0, 0.05) is 5.56 Å². The molecule has 0 aliphatic carbocycles. The van der Waals surface area contributed by atoms with Crippen molar-refractivity contribution in [3.63, 3.8) is 0 Å². The van der Waals surface area contributed by atoms with Gasteiger partial charge in [0.05, 0.1) is 17.8 Å². The van der Waals surface area contributed by atoms with Gasteiger partial charge in [-0.2, -0.15) is 10.2 Å². The molecular weight excluding hydrogens is 240 g/mol. The zero-order valence-corrected chi connectivity index (χ0v) is 11.0. The fourth-order valence-corrected chi connectivity index (χ4v) is 1.82. The molecule has 4 heteroatoms. The van der Waals surface area contributed by atoms with E-state index in [1.165, 1.54) is 0 Å². The van der Waals surface area contributed by atoms with Crippen LogP contribution in [-0.4, -0.2) is 21.3 Å². The van der Waals surface area contributed by atoms with Gasteiger partial charge in [0.15, 0.2) is 0 Å². The average Bonchev–Trinajstić information content (AvgIpc) is 2.38. The highest BCUT2D eigenvalue weighted by atomic mass is 16.4. The molecule has 0 atom stereocenters. The van der Waals surface area contributed by atoms with E-state index in [0.717, 1.165) is 22.5 Å². The van der Waals surface area contributed by atoms with Gasteiger partial charge in [-0.1, -0.05) is 32.0 Å². The first kappa shape index (κ1) is 13.2. The second-order valence-corrected chi connectivity index (χ2v) is 4.77. The van der Waals surface area contributed by atoms with Crippen LogP contribution in [0.5, 0.6) is 0 Å². The first-order chi connectivity index (χ1) is 9.06. The molecule has 0 amide bonds. The lowest BCUT2D eigenvalue weighted by Gasteiger charge is -2.06. The lowest BCUT2D eigenvalue weighted by molar-refractivity contribution is -0.136. The molecule has 1 aromatic heterocycles. The number of carboxylic acids is 1. The van der Waals surface area contributed by atoms with E-state index in [2.05, 4.69) is 24.0 Å². The molecule has 1 aromatic carbocycles. The Labute approximate surface area is 112 Å². The number of hydrogen-bond donors (Lipinski definition) is 1. The van der Waals surface area contributed by atoms with Gasteiger partial charge >= 0.3 is 5.97 Å². The van der Waals surface area contributed by atoms with Gasteiger partial charge in [-0.3, -0.25) is 4.79 Å². The highest BCUT2D eigenvalue weighted by Crippen LogP contribution is 2.19. The predicted octanol–water partition coefficient (Wildman–Crippen LogP) is 2.89. The molecule has 0 saturated carbocycles. The van der Waals surface area contributed by atoms with E-state index in [1.807, 2.05) is 30.3 Å². The third kappa shape index (κ3) is 3.37. The lowest BCUT2D eigenvalue weighted by Crippen LogP contribution is -2.00. The van der Waals surface area contributed by atoms with Crippen LogP contribution in [-0.2, 0) is 11.2 Å². The Kier molecular flexibility index (Phi) is 3.90. The minimum absolute atomic E-state index is 0.0192. The number of carboxylic acid groups (broad SMARTS) is 1. The number of carbonyl (C=O) groups is 1. The van der Waals surface area contributed by atoms with Crippen molar-refractivity contribution in [3.8, 4) is 11.3 Å². The van der Waals surface area contributed by atoms with Crippen molar-refractivity contribution in [2.75, 3.05) is 0 Å². The molecule has 0 aliphatic rings. The molecule has 0 fully saturated rings. The summed E-state index contributed by atoms with van der Waals surface area (Å²) in [4.78, 5) is 10.7. The molecule has 0 aliphatic heterocycles. The van der Waals surface area contributed by atoms with Crippen molar-refractivity contribution in [1.29, 1.82) is 0 Å². The van der Waals surface area contributed by atoms with E-state index >= 15 is 0 Å². The zero-order valence-electron chi connectivity index (χ0n) is 11.0. The van der Waals surface area contributed by atoms with Crippen LogP contribution in [0.3, 0.4) is 0 Å². The molecular formula is C15H16N2O2. The quantitative estimate of drug-likeness (QED) is 0.913. The molecule has 2 rings (SSSR count). The molecule has 1 N–H and O–H groups in total. The Morgan fingerprint density at radius 1 is 1.21 bits per heavy atom. The Balaban J connectivity index is 2.28. The van der Waals surface area contributed by atoms with Crippen LogP contribution in [0, 0.1) is 0 Å². The number of benzene rings is 1. The average molecular weight is 256 g/mol. The summed E-state index contributed by atoms with van der Waals surface area (Å²) in [6.45, 7) is 4.13. The van der Waals surface area contributed by atoms with Gasteiger partial charge in [0.1, 0.15) is 0 Å². The predicted molar refractivity (Wildman–Crippen MR) is 72.9 cm³/mol. The Morgan fingerprint density at radius 2 is 2.00 bits per heavy atom. The lowest BCUT2D eigenvalue weighted by atomic mass is 10.0. The number of hydrogen-bond acceptors (Lipinski definition) is 3. The summed E-state index contributed by atoms with van der Waals surface area (Å²) in [5, 5.41) is 17.2. The van der Waals surface area contributed by atoms with Crippen molar-refractivity contribution >= 4 is 5.97 Å². The normalized spacial score (nSPS) is 10.7. The zero-order chi connectivity index (χ0) is 13.8. The Morgan fingerprint density at radius 3 is 2.58 bits per heavy atom. The van der Waals surface area contributed by atoms with Crippen LogP contribution in [0.1, 0.15) is 31.0 Å². The Bertz CT molecular complexity index is 577. The molecule has 0 spiro atoms. The van der Waals surface area contributed by atoms with E-state index in [4.69, 9.17) is 5.11 Å². The van der Waals surface area contributed by atoms with Crippen LogP contribution in [0.2, 0.25) is 0 Å². The van der Waals surface area contributed by atoms with Gasteiger partial charge in [-0.05, 0) is 29.7 Å². The van der Waals surface area contributed by atoms with E-state index in [0.29, 0.717) is 5.92 Å². The fraction of sp³-hybridized carbons (Fsp3) is 0.267. The van der Waals surface area contributed by atoms with Crippen LogP contribution in [0.25, 0.3) is 11.3 Å². The van der Waals surface area contributed by atoms with Crippen molar-refractivity contribution in [3.05, 3.63) is 47.7 Å². The number of aliphatic carboxylic acids is 1. The SMILES string of the molecule is CC(C)c1ccc(-c2cccc(CC(=O)O)c2)nn1. The summed E-state index contributed by atoms with van der Waals surface area (Å²) >= 11 is 0. The van der Waals surface area contributed by atoms with E-state index in [-0.39, 0.29) is 6.42 Å². The molecule has 98 valence electrons. The van der Waals surface area contributed by atoms with E-state index < -0.39 is 5.97 Å². The Hall–Kier alpha value is -2.23. The summed E-state index contributed by atoms with van der Waals surface area (Å²) in [5.41, 5.74) is 3.36. The summed E-state index contributed by atoms with van der Waals surface area (Å²) in [7, 11) is 0. The summed E-state index contributed by atoms with van der Waals surface area (Å²) in [5.74, 6) is -0.488. The van der Waals surface area contributed by atoms with Gasteiger partial charge in [-0.25, -0.2) is 0 Å². The molecule has 0 unspecified atom stereocenters.